The Labute approximate surface area is 103 Å². The lowest BCUT2D eigenvalue weighted by Crippen LogP contribution is -2.24. The van der Waals surface area contributed by atoms with Crippen LogP contribution in [-0.4, -0.2) is 51.1 Å². The van der Waals surface area contributed by atoms with Crippen LogP contribution in [0.4, 0.5) is 0 Å². The van der Waals surface area contributed by atoms with Crippen molar-refractivity contribution in [2.75, 3.05) is 27.2 Å². The molecule has 0 aliphatic heterocycles. The van der Waals surface area contributed by atoms with Gasteiger partial charge in [0.15, 0.2) is 0 Å². The van der Waals surface area contributed by atoms with Crippen LogP contribution in [0.25, 0.3) is 0 Å². The van der Waals surface area contributed by atoms with Gasteiger partial charge in [-0.25, -0.2) is 9.59 Å². The Kier molecular flexibility index (Phi) is 7.99. The summed E-state index contributed by atoms with van der Waals surface area (Å²) in [5.41, 5.74) is 0. The summed E-state index contributed by atoms with van der Waals surface area (Å²) < 4.78 is 8.52. The smallest absolute Gasteiger partial charge is 0.338 e. The number of likely N-dealkylation sites (N-methyl/N-ethyl adjacent to an activating group) is 2. The average Bonchev–Trinajstić information content (AvgIpc) is 2.27. The van der Waals surface area contributed by atoms with Gasteiger partial charge in [-0.1, -0.05) is 0 Å². The molecule has 100 valence electrons. The molecule has 0 heterocycles. The van der Waals surface area contributed by atoms with Crippen molar-refractivity contribution in [2.24, 2.45) is 0 Å². The predicted octanol–water partition coefficient (Wildman–Crippen LogP) is -1.88. The van der Waals surface area contributed by atoms with Crippen LogP contribution < -0.4 is 10.6 Å². The maximum absolute atomic E-state index is 11.0. The van der Waals surface area contributed by atoms with E-state index in [4.69, 9.17) is 0 Å². The summed E-state index contributed by atoms with van der Waals surface area (Å²) in [6, 6.07) is 0. The molecule has 0 rings (SSSR count). The number of rotatable bonds is 6. The highest BCUT2D eigenvalue weighted by atomic mass is 16.6. The van der Waals surface area contributed by atoms with Crippen molar-refractivity contribution in [1.29, 1.82) is 0 Å². The van der Waals surface area contributed by atoms with Gasteiger partial charge in [-0.15, -0.1) is 0 Å². The Morgan fingerprint density at radius 2 is 1.17 bits per heavy atom. The van der Waals surface area contributed by atoms with E-state index in [1.165, 1.54) is 14.1 Å². The molecule has 0 aromatic carbocycles. The molecule has 8 nitrogen and oxygen atoms in total. The maximum Gasteiger partial charge on any atom is 0.338 e. The first-order valence-electron chi connectivity index (χ1n) is 4.96. The molecule has 0 aliphatic carbocycles. The van der Waals surface area contributed by atoms with Gasteiger partial charge in [-0.05, 0) is 14.1 Å². The second kappa shape index (κ2) is 9.02. The Balaban J connectivity index is 4.06. The minimum atomic E-state index is -1.02. The number of carbonyl (C=O) groups is 4. The largest absolute Gasteiger partial charge is 0.389 e. The van der Waals surface area contributed by atoms with Crippen molar-refractivity contribution < 1.29 is 28.7 Å². The van der Waals surface area contributed by atoms with Crippen LogP contribution in [-0.2, 0) is 28.7 Å². The van der Waals surface area contributed by atoms with E-state index in [0.717, 1.165) is 0 Å². The zero-order chi connectivity index (χ0) is 14.0. The fourth-order valence-electron chi connectivity index (χ4n) is 0.789. The molecule has 0 aromatic rings. The molecule has 0 saturated carbocycles. The van der Waals surface area contributed by atoms with Crippen LogP contribution in [0, 0.1) is 0 Å². The molecule has 0 atom stereocenters. The number of carbonyl (C=O) groups excluding carboxylic acids is 4. The molecule has 0 spiro atoms. The third kappa shape index (κ3) is 8.13. The van der Waals surface area contributed by atoms with E-state index in [1.807, 2.05) is 0 Å². The third-order valence-corrected chi connectivity index (χ3v) is 1.43. The molecule has 0 aromatic heterocycles. The van der Waals surface area contributed by atoms with Gasteiger partial charge in [-0.3, -0.25) is 9.59 Å². The lowest BCUT2D eigenvalue weighted by atomic mass is 10.5. The van der Waals surface area contributed by atoms with Crippen molar-refractivity contribution in [2.45, 2.75) is 0 Å². The van der Waals surface area contributed by atoms with Gasteiger partial charge < -0.3 is 20.1 Å². The van der Waals surface area contributed by atoms with E-state index in [9.17, 15) is 19.2 Å². The van der Waals surface area contributed by atoms with Crippen molar-refractivity contribution in [3.8, 4) is 0 Å². The Morgan fingerprint density at radius 3 is 1.44 bits per heavy atom. The molecule has 0 unspecified atom stereocenters. The highest BCUT2D eigenvalue weighted by Crippen LogP contribution is 1.87. The van der Waals surface area contributed by atoms with Gasteiger partial charge in [0.25, 0.3) is 0 Å². The summed E-state index contributed by atoms with van der Waals surface area (Å²) in [6.45, 7) is -0.268. The van der Waals surface area contributed by atoms with Gasteiger partial charge in [0, 0.05) is 12.2 Å². The number of esters is 4. The standard InChI is InChI=1S/C10H14N2O6/c1-11-5-9(15)17-7(13)3-4-8(14)18-10(16)6-12-2/h3-4,11-12H,5-6H2,1-2H3/b4-3+. The number of hydrogen-bond donors (Lipinski definition) is 2. The highest BCUT2D eigenvalue weighted by Gasteiger charge is 2.09. The van der Waals surface area contributed by atoms with E-state index in [1.54, 1.807) is 0 Å². The second-order valence-electron chi connectivity index (χ2n) is 2.98. The summed E-state index contributed by atoms with van der Waals surface area (Å²) in [5.74, 6) is -3.61. The molecule has 8 heteroatoms. The topological polar surface area (TPSA) is 111 Å². The molecule has 18 heavy (non-hydrogen) atoms. The third-order valence-electron chi connectivity index (χ3n) is 1.43. The monoisotopic (exact) mass is 258 g/mol. The van der Waals surface area contributed by atoms with Crippen LogP contribution in [0.5, 0.6) is 0 Å². The Bertz CT molecular complexity index is 329. The SMILES string of the molecule is CNCC(=O)OC(=O)/C=C/C(=O)OC(=O)CNC. The summed E-state index contributed by atoms with van der Waals surface area (Å²) in [5, 5.41) is 4.97. The molecular formula is C10H14N2O6. The van der Waals surface area contributed by atoms with Gasteiger partial charge in [-0.2, -0.15) is 0 Å². The van der Waals surface area contributed by atoms with Gasteiger partial charge in [0.2, 0.25) is 0 Å². The van der Waals surface area contributed by atoms with E-state index in [0.29, 0.717) is 12.2 Å². The maximum atomic E-state index is 11.0. The quantitative estimate of drug-likeness (QED) is 0.323. The van der Waals surface area contributed by atoms with E-state index in [-0.39, 0.29) is 13.1 Å². The summed E-state index contributed by atoms with van der Waals surface area (Å²) in [4.78, 5) is 43.6. The fraction of sp³-hybridized carbons (Fsp3) is 0.400. The first-order valence-corrected chi connectivity index (χ1v) is 4.96. The average molecular weight is 258 g/mol. The molecule has 0 radical (unpaired) electrons. The highest BCUT2D eigenvalue weighted by molar-refractivity contribution is 5.99. The molecule has 0 saturated heterocycles. The first-order chi connectivity index (χ1) is 8.49. The second-order valence-corrected chi connectivity index (χ2v) is 2.98. The number of nitrogens with one attached hydrogen (secondary N) is 2. The Morgan fingerprint density at radius 1 is 0.833 bits per heavy atom. The number of hydrogen-bond acceptors (Lipinski definition) is 8. The normalized spacial score (nSPS) is 10.1. The molecule has 2 N–H and O–H groups in total. The van der Waals surface area contributed by atoms with Crippen molar-refractivity contribution >= 4 is 23.9 Å². The van der Waals surface area contributed by atoms with Crippen LogP contribution in [0.2, 0.25) is 0 Å². The molecule has 0 fully saturated rings. The van der Waals surface area contributed by atoms with Crippen LogP contribution in [0.15, 0.2) is 12.2 Å². The lowest BCUT2D eigenvalue weighted by Gasteiger charge is -1.99. The minimum Gasteiger partial charge on any atom is -0.389 e. The Hall–Kier alpha value is -2.06. The van der Waals surface area contributed by atoms with Crippen molar-refractivity contribution in [1.82, 2.24) is 10.6 Å². The van der Waals surface area contributed by atoms with Crippen molar-refractivity contribution in [3.63, 3.8) is 0 Å². The van der Waals surface area contributed by atoms with E-state index >= 15 is 0 Å². The fourth-order valence-corrected chi connectivity index (χ4v) is 0.789. The first kappa shape index (κ1) is 15.9. The van der Waals surface area contributed by atoms with Crippen LogP contribution in [0.1, 0.15) is 0 Å². The van der Waals surface area contributed by atoms with Gasteiger partial charge in [0.05, 0.1) is 13.1 Å². The molecule has 0 amide bonds. The van der Waals surface area contributed by atoms with E-state index < -0.39 is 23.9 Å². The predicted molar refractivity (Wildman–Crippen MR) is 59.2 cm³/mol. The lowest BCUT2D eigenvalue weighted by molar-refractivity contribution is -0.158. The summed E-state index contributed by atoms with van der Waals surface area (Å²) in [7, 11) is 3.01. The minimum absolute atomic E-state index is 0.134. The molecule has 0 bridgehead atoms. The zero-order valence-electron chi connectivity index (χ0n) is 10.0. The molecule has 0 aliphatic rings. The summed E-state index contributed by atoms with van der Waals surface area (Å²) >= 11 is 0. The van der Waals surface area contributed by atoms with Crippen molar-refractivity contribution in [3.05, 3.63) is 12.2 Å². The number of ether oxygens (including phenoxy) is 2. The van der Waals surface area contributed by atoms with E-state index in [2.05, 4.69) is 20.1 Å². The summed E-state index contributed by atoms with van der Waals surface area (Å²) in [6.07, 6.45) is 1.39. The van der Waals surface area contributed by atoms with Crippen LogP contribution in [0.3, 0.4) is 0 Å². The molecular weight excluding hydrogens is 244 g/mol. The van der Waals surface area contributed by atoms with Gasteiger partial charge in [0.1, 0.15) is 0 Å². The zero-order valence-corrected chi connectivity index (χ0v) is 10.0. The van der Waals surface area contributed by atoms with Crippen LogP contribution >= 0.6 is 0 Å². The van der Waals surface area contributed by atoms with Gasteiger partial charge >= 0.3 is 23.9 Å².